The van der Waals surface area contributed by atoms with Crippen molar-refractivity contribution in [2.75, 3.05) is 11.9 Å². The van der Waals surface area contributed by atoms with Gasteiger partial charge in [-0.15, -0.1) is 0 Å². The molecule has 1 aromatic carbocycles. The Balaban J connectivity index is 1.93. The number of rotatable bonds is 16. The summed E-state index contributed by atoms with van der Waals surface area (Å²) >= 11 is 0. The van der Waals surface area contributed by atoms with Crippen LogP contribution in [-0.4, -0.2) is 17.8 Å². The molecule has 0 heterocycles. The van der Waals surface area contributed by atoms with E-state index in [-0.39, 0.29) is 5.75 Å². The summed E-state index contributed by atoms with van der Waals surface area (Å²) in [4.78, 5) is 11.7. The molecule has 0 saturated carbocycles. The van der Waals surface area contributed by atoms with E-state index in [9.17, 15) is 9.90 Å². The van der Waals surface area contributed by atoms with Crippen molar-refractivity contribution in [3.63, 3.8) is 0 Å². The molecule has 0 atom stereocenters. The SMILES string of the molecule is CCCCC/C=C\C/C=C\C/C=C\C/C=C\CCCCOC(=O)Nc1ccc(O)cc1. The molecule has 0 fully saturated rings. The molecule has 0 aliphatic rings. The first-order chi connectivity index (χ1) is 15.2. The number of anilines is 1. The number of nitrogens with one attached hydrogen (secondary N) is 1. The molecule has 0 spiro atoms. The smallest absolute Gasteiger partial charge is 0.411 e. The quantitative estimate of drug-likeness (QED) is 0.160. The molecule has 1 rings (SSSR count). The topological polar surface area (TPSA) is 58.6 Å². The number of benzene rings is 1. The minimum atomic E-state index is -0.469. The summed E-state index contributed by atoms with van der Waals surface area (Å²) in [7, 11) is 0. The number of hydrogen-bond donors (Lipinski definition) is 2. The Morgan fingerprint density at radius 2 is 1.32 bits per heavy atom. The fourth-order valence-corrected chi connectivity index (χ4v) is 2.79. The molecular formula is C27H39NO3. The monoisotopic (exact) mass is 425 g/mol. The van der Waals surface area contributed by atoms with Gasteiger partial charge in [0.05, 0.1) is 6.61 Å². The summed E-state index contributed by atoms with van der Waals surface area (Å²) < 4.78 is 5.15. The summed E-state index contributed by atoms with van der Waals surface area (Å²) in [6.07, 6.45) is 28.2. The number of allylic oxidation sites excluding steroid dienone is 8. The molecule has 0 unspecified atom stereocenters. The molecule has 4 nitrogen and oxygen atoms in total. The van der Waals surface area contributed by atoms with Crippen LogP contribution in [0, 0.1) is 0 Å². The van der Waals surface area contributed by atoms with E-state index in [2.05, 4.69) is 60.8 Å². The van der Waals surface area contributed by atoms with E-state index in [1.807, 2.05) is 0 Å². The van der Waals surface area contributed by atoms with Crippen molar-refractivity contribution < 1.29 is 14.6 Å². The van der Waals surface area contributed by atoms with Crippen LogP contribution in [0.15, 0.2) is 72.9 Å². The Labute approximate surface area is 188 Å². The van der Waals surface area contributed by atoms with Crippen molar-refractivity contribution in [1.29, 1.82) is 0 Å². The number of phenols is 1. The number of hydrogen-bond acceptors (Lipinski definition) is 3. The summed E-state index contributed by atoms with van der Waals surface area (Å²) in [5, 5.41) is 11.8. The maximum absolute atomic E-state index is 11.7. The molecule has 31 heavy (non-hydrogen) atoms. The third kappa shape index (κ3) is 16.7. The van der Waals surface area contributed by atoms with Crippen molar-refractivity contribution in [3.8, 4) is 5.75 Å². The van der Waals surface area contributed by atoms with E-state index in [0.717, 1.165) is 38.5 Å². The van der Waals surface area contributed by atoms with Crippen LogP contribution in [0.5, 0.6) is 5.75 Å². The van der Waals surface area contributed by atoms with Gasteiger partial charge in [-0.3, -0.25) is 5.32 Å². The van der Waals surface area contributed by atoms with Crippen LogP contribution >= 0.6 is 0 Å². The van der Waals surface area contributed by atoms with Crippen molar-refractivity contribution in [1.82, 2.24) is 0 Å². The summed E-state index contributed by atoms with van der Waals surface area (Å²) in [5.41, 5.74) is 0.601. The molecule has 0 aliphatic carbocycles. The average Bonchev–Trinajstić information content (AvgIpc) is 2.77. The Kier molecular flexibility index (Phi) is 16.3. The van der Waals surface area contributed by atoms with Crippen LogP contribution in [0.25, 0.3) is 0 Å². The van der Waals surface area contributed by atoms with Gasteiger partial charge in [0.15, 0.2) is 0 Å². The molecule has 0 bridgehead atoms. The van der Waals surface area contributed by atoms with Crippen molar-refractivity contribution >= 4 is 11.8 Å². The normalized spacial score (nSPS) is 11.9. The largest absolute Gasteiger partial charge is 0.508 e. The third-order valence-electron chi connectivity index (χ3n) is 4.57. The van der Waals surface area contributed by atoms with Gasteiger partial charge in [-0.05, 0) is 75.6 Å². The van der Waals surface area contributed by atoms with Crippen molar-refractivity contribution in [2.24, 2.45) is 0 Å². The second kappa shape index (κ2) is 19.2. The maximum atomic E-state index is 11.7. The van der Waals surface area contributed by atoms with Gasteiger partial charge in [0.1, 0.15) is 5.75 Å². The van der Waals surface area contributed by atoms with Gasteiger partial charge in [0.25, 0.3) is 0 Å². The highest BCUT2D eigenvalue weighted by molar-refractivity contribution is 5.84. The molecule has 1 amide bonds. The zero-order valence-corrected chi connectivity index (χ0v) is 19.0. The number of amides is 1. The fourth-order valence-electron chi connectivity index (χ4n) is 2.79. The second-order valence-electron chi connectivity index (χ2n) is 7.39. The first kappa shape index (κ1) is 26.3. The molecule has 4 heteroatoms. The number of aromatic hydroxyl groups is 1. The molecular weight excluding hydrogens is 386 g/mol. The van der Waals surface area contributed by atoms with Crippen LogP contribution < -0.4 is 5.32 Å². The predicted molar refractivity (Wildman–Crippen MR) is 131 cm³/mol. The Morgan fingerprint density at radius 3 is 1.87 bits per heavy atom. The van der Waals surface area contributed by atoms with Crippen LogP contribution in [0.1, 0.15) is 71.1 Å². The third-order valence-corrected chi connectivity index (χ3v) is 4.57. The molecule has 1 aromatic rings. The number of ether oxygens (including phenoxy) is 1. The highest BCUT2D eigenvalue weighted by Crippen LogP contribution is 2.13. The lowest BCUT2D eigenvalue weighted by atomic mass is 10.2. The second-order valence-corrected chi connectivity index (χ2v) is 7.39. The first-order valence-corrected chi connectivity index (χ1v) is 11.5. The van der Waals surface area contributed by atoms with Gasteiger partial charge in [-0.2, -0.15) is 0 Å². The zero-order valence-electron chi connectivity index (χ0n) is 19.0. The molecule has 2 N–H and O–H groups in total. The highest BCUT2D eigenvalue weighted by atomic mass is 16.5. The predicted octanol–water partition coefficient (Wildman–Crippen LogP) is 8.09. The maximum Gasteiger partial charge on any atom is 0.411 e. The van der Waals surface area contributed by atoms with E-state index in [0.29, 0.717) is 12.3 Å². The van der Waals surface area contributed by atoms with Gasteiger partial charge in [0, 0.05) is 5.69 Å². The Bertz CT molecular complexity index is 687. The van der Waals surface area contributed by atoms with Crippen LogP contribution in [0.2, 0.25) is 0 Å². The standard InChI is InChI=1S/C27H39NO3/c1-2-3-4-5-6-7-8-9-10-11-12-13-14-15-16-17-18-19-24-31-27(30)28-25-20-22-26(29)23-21-25/h6-7,9-10,12-13,15-16,20-23,29H,2-5,8,11,14,17-19,24H2,1H3,(H,28,30)/b7-6-,10-9-,13-12-,16-15-. The first-order valence-electron chi connectivity index (χ1n) is 11.5. The highest BCUT2D eigenvalue weighted by Gasteiger charge is 2.02. The van der Waals surface area contributed by atoms with Gasteiger partial charge < -0.3 is 9.84 Å². The van der Waals surface area contributed by atoms with E-state index in [4.69, 9.17) is 4.74 Å². The van der Waals surface area contributed by atoms with E-state index in [1.54, 1.807) is 12.1 Å². The lowest BCUT2D eigenvalue weighted by Crippen LogP contribution is -2.14. The van der Waals surface area contributed by atoms with Crippen molar-refractivity contribution in [2.45, 2.75) is 71.1 Å². The number of carbonyl (C=O) groups is 1. The Hall–Kier alpha value is -2.75. The average molecular weight is 426 g/mol. The lowest BCUT2D eigenvalue weighted by molar-refractivity contribution is 0.159. The lowest BCUT2D eigenvalue weighted by Gasteiger charge is -2.06. The summed E-state index contributed by atoms with van der Waals surface area (Å²) in [6.45, 7) is 2.64. The minimum Gasteiger partial charge on any atom is -0.508 e. The number of carbonyl (C=O) groups excluding carboxylic acids is 1. The molecule has 0 aromatic heterocycles. The van der Waals surface area contributed by atoms with Crippen LogP contribution in [0.4, 0.5) is 10.5 Å². The van der Waals surface area contributed by atoms with Gasteiger partial charge >= 0.3 is 6.09 Å². The molecule has 0 saturated heterocycles. The fraction of sp³-hybridized carbons (Fsp3) is 0.444. The molecule has 0 aliphatic heterocycles. The zero-order chi connectivity index (χ0) is 22.4. The van der Waals surface area contributed by atoms with Gasteiger partial charge in [-0.25, -0.2) is 4.79 Å². The van der Waals surface area contributed by atoms with E-state index >= 15 is 0 Å². The minimum absolute atomic E-state index is 0.163. The van der Waals surface area contributed by atoms with E-state index in [1.165, 1.54) is 37.8 Å². The summed E-state index contributed by atoms with van der Waals surface area (Å²) in [5.74, 6) is 0.163. The van der Waals surface area contributed by atoms with Gasteiger partial charge in [0.2, 0.25) is 0 Å². The van der Waals surface area contributed by atoms with Crippen LogP contribution in [0.3, 0.4) is 0 Å². The molecule has 170 valence electrons. The van der Waals surface area contributed by atoms with Crippen molar-refractivity contribution in [3.05, 3.63) is 72.9 Å². The number of phenolic OH excluding ortho intramolecular Hbond substituents is 1. The molecule has 0 radical (unpaired) electrons. The van der Waals surface area contributed by atoms with E-state index < -0.39 is 6.09 Å². The Morgan fingerprint density at radius 1 is 0.806 bits per heavy atom. The number of unbranched alkanes of at least 4 members (excludes halogenated alkanes) is 5. The van der Waals surface area contributed by atoms with Gasteiger partial charge in [-0.1, -0.05) is 68.4 Å². The van der Waals surface area contributed by atoms with Crippen LogP contribution in [-0.2, 0) is 4.74 Å². The summed E-state index contributed by atoms with van der Waals surface area (Å²) in [6, 6.07) is 6.28.